The van der Waals surface area contributed by atoms with E-state index in [9.17, 15) is 4.39 Å². The van der Waals surface area contributed by atoms with Gasteiger partial charge in [-0.25, -0.2) is 14.4 Å². The molecule has 0 saturated carbocycles. The molecule has 0 amide bonds. The van der Waals surface area contributed by atoms with Crippen molar-refractivity contribution >= 4 is 5.82 Å². The highest BCUT2D eigenvalue weighted by Crippen LogP contribution is 2.15. The molecular weight excluding hydrogens is 233 g/mol. The number of nitrogens with one attached hydrogen (secondary N) is 1. The number of nitrogens with zero attached hydrogens (tertiary/aromatic N) is 2. The highest BCUT2D eigenvalue weighted by molar-refractivity contribution is 5.38. The first-order valence-corrected chi connectivity index (χ1v) is 5.54. The minimum Gasteiger partial charge on any atom is -0.497 e. The highest BCUT2D eigenvalue weighted by Gasteiger charge is 2.06. The molecule has 0 aliphatic heterocycles. The molecule has 0 saturated heterocycles. The summed E-state index contributed by atoms with van der Waals surface area (Å²) in [6.07, 6.45) is 1.34. The molecule has 5 heteroatoms. The van der Waals surface area contributed by atoms with E-state index in [0.29, 0.717) is 12.2 Å². The number of hydrogen-bond acceptors (Lipinski definition) is 4. The second kappa shape index (κ2) is 5.44. The van der Waals surface area contributed by atoms with Crippen LogP contribution in [0.2, 0.25) is 0 Å². The lowest BCUT2D eigenvalue weighted by molar-refractivity contribution is 0.414. The monoisotopic (exact) mass is 247 g/mol. The molecule has 1 heterocycles. The number of hydrogen-bond donors (Lipinski definition) is 1. The summed E-state index contributed by atoms with van der Waals surface area (Å²) in [7, 11) is 1.62. The maximum Gasteiger partial charge on any atom is 0.186 e. The molecule has 94 valence electrons. The number of ether oxygens (including phenoxy) is 1. The molecular formula is C13H14FN3O. The van der Waals surface area contributed by atoms with Crippen molar-refractivity contribution in [2.24, 2.45) is 0 Å². The van der Waals surface area contributed by atoms with Crippen molar-refractivity contribution in [1.29, 1.82) is 0 Å². The van der Waals surface area contributed by atoms with Crippen LogP contribution < -0.4 is 10.1 Å². The van der Waals surface area contributed by atoms with Crippen LogP contribution in [0, 0.1) is 12.7 Å². The van der Waals surface area contributed by atoms with Crippen LogP contribution >= 0.6 is 0 Å². The Bertz CT molecular complexity index is 528. The first kappa shape index (κ1) is 12.3. The van der Waals surface area contributed by atoms with Gasteiger partial charge in [0.2, 0.25) is 0 Å². The summed E-state index contributed by atoms with van der Waals surface area (Å²) in [5.74, 6) is 0.604. The second-order valence-corrected chi connectivity index (χ2v) is 3.82. The fraction of sp³-hybridized carbons (Fsp3) is 0.231. The van der Waals surface area contributed by atoms with Crippen LogP contribution in [-0.2, 0) is 6.54 Å². The van der Waals surface area contributed by atoms with E-state index in [4.69, 9.17) is 4.74 Å². The Morgan fingerprint density at radius 2 is 1.94 bits per heavy atom. The number of aryl methyl sites for hydroxylation is 1. The van der Waals surface area contributed by atoms with Gasteiger partial charge in [-0.15, -0.1) is 0 Å². The predicted octanol–water partition coefficient (Wildman–Crippen LogP) is 2.54. The first-order chi connectivity index (χ1) is 8.70. The van der Waals surface area contributed by atoms with E-state index in [1.54, 1.807) is 14.0 Å². The van der Waals surface area contributed by atoms with E-state index < -0.39 is 5.82 Å². The van der Waals surface area contributed by atoms with Gasteiger partial charge in [0.25, 0.3) is 0 Å². The fourth-order valence-corrected chi connectivity index (χ4v) is 1.51. The lowest BCUT2D eigenvalue weighted by atomic mass is 10.2. The van der Waals surface area contributed by atoms with Crippen LogP contribution in [0.25, 0.3) is 0 Å². The fourth-order valence-electron chi connectivity index (χ4n) is 1.51. The number of anilines is 1. The van der Waals surface area contributed by atoms with E-state index in [-0.39, 0.29) is 5.82 Å². The molecule has 1 aromatic heterocycles. The van der Waals surface area contributed by atoms with Crippen LogP contribution in [-0.4, -0.2) is 17.1 Å². The van der Waals surface area contributed by atoms with Gasteiger partial charge in [0, 0.05) is 6.54 Å². The molecule has 18 heavy (non-hydrogen) atoms. The van der Waals surface area contributed by atoms with Crippen molar-refractivity contribution in [1.82, 2.24) is 9.97 Å². The number of methoxy groups -OCH3 is 1. The Labute approximate surface area is 105 Å². The van der Waals surface area contributed by atoms with Gasteiger partial charge in [0.15, 0.2) is 11.6 Å². The molecule has 0 aliphatic carbocycles. The Kier molecular flexibility index (Phi) is 3.72. The third kappa shape index (κ3) is 2.74. The molecule has 0 atom stereocenters. The quantitative estimate of drug-likeness (QED) is 0.902. The minimum absolute atomic E-state index is 0.221. The summed E-state index contributed by atoms with van der Waals surface area (Å²) in [5, 5.41) is 2.94. The van der Waals surface area contributed by atoms with E-state index in [1.165, 1.54) is 6.33 Å². The van der Waals surface area contributed by atoms with E-state index in [1.807, 2.05) is 24.3 Å². The zero-order valence-electron chi connectivity index (χ0n) is 10.3. The van der Waals surface area contributed by atoms with Crippen molar-refractivity contribution < 1.29 is 9.13 Å². The normalized spacial score (nSPS) is 10.2. The third-order valence-electron chi connectivity index (χ3n) is 2.58. The SMILES string of the molecule is COc1ccc(CNc2ncnc(C)c2F)cc1. The lowest BCUT2D eigenvalue weighted by Gasteiger charge is -2.08. The van der Waals surface area contributed by atoms with Crippen molar-refractivity contribution in [3.8, 4) is 5.75 Å². The Balaban J connectivity index is 2.04. The Hall–Kier alpha value is -2.17. The summed E-state index contributed by atoms with van der Waals surface area (Å²) in [6.45, 7) is 2.10. The number of aromatic nitrogens is 2. The number of rotatable bonds is 4. The van der Waals surface area contributed by atoms with Gasteiger partial charge in [-0.1, -0.05) is 12.1 Å². The predicted molar refractivity (Wildman–Crippen MR) is 67.0 cm³/mol. The van der Waals surface area contributed by atoms with Gasteiger partial charge in [0.05, 0.1) is 12.8 Å². The van der Waals surface area contributed by atoms with Crippen molar-refractivity contribution in [3.63, 3.8) is 0 Å². The van der Waals surface area contributed by atoms with E-state index in [2.05, 4.69) is 15.3 Å². The summed E-state index contributed by atoms with van der Waals surface area (Å²) >= 11 is 0. The molecule has 2 rings (SSSR count). The topological polar surface area (TPSA) is 47.0 Å². The molecule has 1 aromatic carbocycles. The van der Waals surface area contributed by atoms with Gasteiger partial charge in [-0.3, -0.25) is 0 Å². The Morgan fingerprint density at radius 3 is 2.61 bits per heavy atom. The number of benzene rings is 1. The zero-order valence-corrected chi connectivity index (χ0v) is 10.3. The van der Waals surface area contributed by atoms with Gasteiger partial charge in [-0.2, -0.15) is 0 Å². The van der Waals surface area contributed by atoms with Gasteiger partial charge >= 0.3 is 0 Å². The smallest absolute Gasteiger partial charge is 0.186 e. The molecule has 0 aliphatic rings. The first-order valence-electron chi connectivity index (χ1n) is 5.54. The van der Waals surface area contributed by atoms with Crippen LogP contribution in [0.15, 0.2) is 30.6 Å². The van der Waals surface area contributed by atoms with Crippen LogP contribution in [0.4, 0.5) is 10.2 Å². The Morgan fingerprint density at radius 1 is 1.22 bits per heavy atom. The van der Waals surface area contributed by atoms with Crippen molar-refractivity contribution in [3.05, 3.63) is 47.7 Å². The minimum atomic E-state index is -0.411. The molecule has 0 unspecified atom stereocenters. The largest absolute Gasteiger partial charge is 0.497 e. The number of halogens is 1. The van der Waals surface area contributed by atoms with Crippen LogP contribution in [0.1, 0.15) is 11.3 Å². The third-order valence-corrected chi connectivity index (χ3v) is 2.58. The van der Waals surface area contributed by atoms with E-state index >= 15 is 0 Å². The van der Waals surface area contributed by atoms with Crippen molar-refractivity contribution in [2.45, 2.75) is 13.5 Å². The highest BCUT2D eigenvalue weighted by atomic mass is 19.1. The average molecular weight is 247 g/mol. The standard InChI is InChI=1S/C13H14FN3O/c1-9-12(14)13(17-8-16-9)15-7-10-3-5-11(18-2)6-4-10/h3-6,8H,7H2,1-2H3,(H,15,16,17). The van der Waals surface area contributed by atoms with Gasteiger partial charge in [-0.05, 0) is 24.6 Å². The summed E-state index contributed by atoms with van der Waals surface area (Å²) in [5.41, 5.74) is 1.36. The zero-order chi connectivity index (χ0) is 13.0. The maximum atomic E-state index is 13.6. The summed E-state index contributed by atoms with van der Waals surface area (Å²) < 4.78 is 18.7. The molecule has 0 bridgehead atoms. The van der Waals surface area contributed by atoms with Crippen LogP contribution in [0.3, 0.4) is 0 Å². The van der Waals surface area contributed by atoms with Gasteiger partial charge in [0.1, 0.15) is 12.1 Å². The molecule has 1 N–H and O–H groups in total. The van der Waals surface area contributed by atoms with Crippen LogP contribution in [0.5, 0.6) is 5.75 Å². The molecule has 4 nitrogen and oxygen atoms in total. The summed E-state index contributed by atoms with van der Waals surface area (Å²) in [6, 6.07) is 7.55. The molecule has 2 aromatic rings. The summed E-state index contributed by atoms with van der Waals surface area (Å²) in [4.78, 5) is 7.64. The molecule has 0 fully saturated rings. The molecule has 0 spiro atoms. The van der Waals surface area contributed by atoms with E-state index in [0.717, 1.165) is 11.3 Å². The lowest BCUT2D eigenvalue weighted by Crippen LogP contribution is -2.05. The molecule has 0 radical (unpaired) electrons. The average Bonchev–Trinajstić information content (AvgIpc) is 2.41. The maximum absolute atomic E-state index is 13.6. The van der Waals surface area contributed by atoms with Gasteiger partial charge < -0.3 is 10.1 Å². The second-order valence-electron chi connectivity index (χ2n) is 3.82. The van der Waals surface area contributed by atoms with Crippen molar-refractivity contribution in [2.75, 3.05) is 12.4 Å².